The average Bonchev–Trinajstić information content (AvgIpc) is 2.55. The molecule has 0 unspecified atom stereocenters. The van der Waals surface area contributed by atoms with Gasteiger partial charge in [-0.15, -0.1) is 0 Å². The first-order valence-corrected chi connectivity index (χ1v) is 4.74. The highest BCUT2D eigenvalue weighted by atomic mass is 16.1. The maximum atomic E-state index is 10.7. The van der Waals surface area contributed by atoms with Crippen LogP contribution < -0.4 is 0 Å². The molecule has 13 heavy (non-hydrogen) atoms. The largest absolute Gasteiger partial charge is 0.300 e. The molecule has 1 aliphatic rings. The number of carbonyl (C=O) groups excluding carboxylic acids is 1. The Balaban J connectivity index is 2.37. The van der Waals surface area contributed by atoms with Crippen molar-refractivity contribution >= 4 is 5.78 Å². The van der Waals surface area contributed by atoms with Gasteiger partial charge in [-0.1, -0.05) is 29.9 Å². The lowest BCUT2D eigenvalue weighted by atomic mass is 10.0. The second-order valence-corrected chi connectivity index (χ2v) is 3.51. The highest BCUT2D eigenvalue weighted by molar-refractivity contribution is 5.75. The number of rotatable bonds is 4. The summed E-state index contributed by atoms with van der Waals surface area (Å²) in [6.45, 7) is 3.79. The maximum Gasteiger partial charge on any atom is 0.129 e. The topological polar surface area (TPSA) is 17.1 Å². The molecular formula is C12H16O. The molecule has 0 bridgehead atoms. The van der Waals surface area contributed by atoms with Crippen LogP contribution in [0.3, 0.4) is 0 Å². The van der Waals surface area contributed by atoms with Crippen molar-refractivity contribution in [2.24, 2.45) is 0 Å². The normalized spacial score (nSPS) is 13.8. The molecule has 1 aliphatic carbocycles. The summed E-state index contributed by atoms with van der Waals surface area (Å²) in [5.74, 6) is 0.287. The lowest BCUT2D eigenvalue weighted by Crippen LogP contribution is -1.90. The Labute approximate surface area is 79.8 Å². The number of Topliss-reactive ketones (excluding diaryl/α,β-unsaturated/α-hetero) is 1. The van der Waals surface area contributed by atoms with Gasteiger partial charge in [-0.2, -0.15) is 0 Å². The quantitative estimate of drug-likeness (QED) is 0.643. The molecule has 0 aromatic rings. The summed E-state index contributed by atoms with van der Waals surface area (Å²) in [7, 11) is 0. The third-order valence-corrected chi connectivity index (χ3v) is 2.24. The van der Waals surface area contributed by atoms with E-state index in [1.165, 1.54) is 11.1 Å². The Bertz CT molecular complexity index is 265. The first-order valence-electron chi connectivity index (χ1n) is 4.74. The number of hydrogen-bond donors (Lipinski definition) is 0. The zero-order chi connectivity index (χ0) is 9.68. The molecule has 1 nitrogen and oxygen atoms in total. The second kappa shape index (κ2) is 4.80. The van der Waals surface area contributed by atoms with Crippen molar-refractivity contribution in [1.82, 2.24) is 0 Å². The first kappa shape index (κ1) is 9.97. The van der Waals surface area contributed by atoms with Gasteiger partial charge in [-0.3, -0.25) is 0 Å². The number of allylic oxidation sites excluding steroid dienone is 6. The fraction of sp³-hybridized carbons (Fsp3) is 0.417. The summed E-state index contributed by atoms with van der Waals surface area (Å²) in [4.78, 5) is 10.7. The molecule has 0 spiro atoms. The molecule has 0 amide bonds. The number of hydrogen-bond acceptors (Lipinski definition) is 1. The Morgan fingerprint density at radius 1 is 1.15 bits per heavy atom. The van der Waals surface area contributed by atoms with Gasteiger partial charge >= 0.3 is 0 Å². The van der Waals surface area contributed by atoms with Crippen molar-refractivity contribution in [2.45, 2.75) is 33.1 Å². The molecular weight excluding hydrogens is 160 g/mol. The molecule has 1 heteroatoms. The van der Waals surface area contributed by atoms with Gasteiger partial charge in [-0.25, -0.2) is 0 Å². The van der Waals surface area contributed by atoms with E-state index in [0.29, 0.717) is 6.42 Å². The summed E-state index contributed by atoms with van der Waals surface area (Å²) < 4.78 is 0. The van der Waals surface area contributed by atoms with Crippen LogP contribution in [-0.2, 0) is 4.79 Å². The fourth-order valence-electron chi connectivity index (χ4n) is 1.41. The van der Waals surface area contributed by atoms with Gasteiger partial charge in [0.2, 0.25) is 0 Å². The summed E-state index contributed by atoms with van der Waals surface area (Å²) in [5.41, 5.74) is 2.69. The van der Waals surface area contributed by atoms with Crippen molar-refractivity contribution in [3.63, 3.8) is 0 Å². The zero-order valence-corrected chi connectivity index (χ0v) is 8.34. The summed E-state index contributed by atoms with van der Waals surface area (Å²) in [5, 5.41) is 0. The van der Waals surface area contributed by atoms with E-state index >= 15 is 0 Å². The SMILES string of the molecule is CC(=O)CCCC(C)=C1C=CC=C1. The second-order valence-electron chi connectivity index (χ2n) is 3.51. The van der Waals surface area contributed by atoms with Crippen LogP contribution in [0.15, 0.2) is 35.5 Å². The molecule has 0 fully saturated rings. The van der Waals surface area contributed by atoms with Crippen molar-refractivity contribution in [2.75, 3.05) is 0 Å². The highest BCUT2D eigenvalue weighted by Gasteiger charge is 2.00. The average molecular weight is 176 g/mol. The molecule has 0 saturated heterocycles. The summed E-state index contributed by atoms with van der Waals surface area (Å²) in [6.07, 6.45) is 11.0. The molecule has 0 radical (unpaired) electrons. The smallest absolute Gasteiger partial charge is 0.129 e. The van der Waals surface area contributed by atoms with Gasteiger partial charge in [0.1, 0.15) is 5.78 Å². The standard InChI is InChI=1S/C12H16O/c1-10(6-5-7-11(2)13)12-8-3-4-9-12/h3-4,8-9H,5-7H2,1-2H3. The van der Waals surface area contributed by atoms with E-state index in [2.05, 4.69) is 19.1 Å². The first-order chi connectivity index (χ1) is 6.20. The third-order valence-electron chi connectivity index (χ3n) is 2.24. The van der Waals surface area contributed by atoms with Crippen molar-refractivity contribution in [3.05, 3.63) is 35.5 Å². The van der Waals surface area contributed by atoms with E-state index in [-0.39, 0.29) is 5.78 Å². The number of carbonyl (C=O) groups is 1. The van der Waals surface area contributed by atoms with Crippen molar-refractivity contribution in [1.29, 1.82) is 0 Å². The van der Waals surface area contributed by atoms with Gasteiger partial charge in [0.25, 0.3) is 0 Å². The van der Waals surface area contributed by atoms with Crippen LogP contribution in [0.2, 0.25) is 0 Å². The van der Waals surface area contributed by atoms with E-state index in [1.54, 1.807) is 6.92 Å². The molecule has 0 N–H and O–H groups in total. The maximum absolute atomic E-state index is 10.7. The minimum absolute atomic E-state index is 0.287. The molecule has 0 aromatic heterocycles. The molecule has 0 aromatic carbocycles. The Kier molecular flexibility index (Phi) is 3.69. The van der Waals surface area contributed by atoms with Crippen LogP contribution in [0.1, 0.15) is 33.1 Å². The van der Waals surface area contributed by atoms with E-state index in [1.807, 2.05) is 12.2 Å². The van der Waals surface area contributed by atoms with Gasteiger partial charge in [0.05, 0.1) is 0 Å². The Hall–Kier alpha value is -1.11. The fourth-order valence-corrected chi connectivity index (χ4v) is 1.41. The van der Waals surface area contributed by atoms with Crippen LogP contribution in [0, 0.1) is 0 Å². The minimum Gasteiger partial charge on any atom is -0.300 e. The number of ketones is 1. The van der Waals surface area contributed by atoms with Crippen molar-refractivity contribution in [3.8, 4) is 0 Å². The van der Waals surface area contributed by atoms with Crippen LogP contribution in [-0.4, -0.2) is 5.78 Å². The predicted octanol–water partition coefficient (Wildman–Crippen LogP) is 3.19. The molecule has 70 valence electrons. The van der Waals surface area contributed by atoms with Crippen LogP contribution in [0.25, 0.3) is 0 Å². The molecule has 0 heterocycles. The highest BCUT2D eigenvalue weighted by Crippen LogP contribution is 2.17. The Morgan fingerprint density at radius 3 is 2.31 bits per heavy atom. The van der Waals surface area contributed by atoms with Crippen LogP contribution in [0.5, 0.6) is 0 Å². The van der Waals surface area contributed by atoms with Crippen LogP contribution >= 0.6 is 0 Å². The van der Waals surface area contributed by atoms with Gasteiger partial charge in [-0.05, 0) is 32.3 Å². The molecule has 0 atom stereocenters. The summed E-state index contributed by atoms with van der Waals surface area (Å²) in [6, 6.07) is 0. The van der Waals surface area contributed by atoms with E-state index in [4.69, 9.17) is 0 Å². The summed E-state index contributed by atoms with van der Waals surface area (Å²) >= 11 is 0. The third kappa shape index (κ3) is 3.41. The lowest BCUT2D eigenvalue weighted by Gasteiger charge is -2.01. The van der Waals surface area contributed by atoms with Gasteiger partial charge < -0.3 is 4.79 Å². The van der Waals surface area contributed by atoms with E-state index in [0.717, 1.165) is 12.8 Å². The zero-order valence-electron chi connectivity index (χ0n) is 8.34. The predicted molar refractivity (Wildman–Crippen MR) is 55.5 cm³/mol. The molecule has 1 rings (SSSR count). The van der Waals surface area contributed by atoms with E-state index < -0.39 is 0 Å². The minimum atomic E-state index is 0.287. The molecule has 0 aliphatic heterocycles. The van der Waals surface area contributed by atoms with E-state index in [9.17, 15) is 4.79 Å². The molecule has 0 saturated carbocycles. The van der Waals surface area contributed by atoms with Gasteiger partial charge in [0, 0.05) is 6.42 Å². The lowest BCUT2D eigenvalue weighted by molar-refractivity contribution is -0.117. The monoisotopic (exact) mass is 176 g/mol. The van der Waals surface area contributed by atoms with Gasteiger partial charge in [0.15, 0.2) is 0 Å². The van der Waals surface area contributed by atoms with Crippen LogP contribution in [0.4, 0.5) is 0 Å². The van der Waals surface area contributed by atoms with Crippen molar-refractivity contribution < 1.29 is 4.79 Å². The Morgan fingerprint density at radius 2 is 1.77 bits per heavy atom.